The summed E-state index contributed by atoms with van der Waals surface area (Å²) >= 11 is 6.02. The molecule has 0 aliphatic heterocycles. The predicted octanol–water partition coefficient (Wildman–Crippen LogP) is 6.97. The number of halogens is 1. The lowest BCUT2D eigenvalue weighted by Gasteiger charge is -2.30. The molecule has 40 heavy (non-hydrogen) atoms. The van der Waals surface area contributed by atoms with Gasteiger partial charge in [-0.15, -0.1) is 0 Å². The highest BCUT2D eigenvalue weighted by Crippen LogP contribution is 2.25. The van der Waals surface area contributed by atoms with E-state index in [2.05, 4.69) is 5.32 Å². The van der Waals surface area contributed by atoms with Gasteiger partial charge in [0.1, 0.15) is 0 Å². The Hall–Kier alpha value is -3.39. The Morgan fingerprint density at radius 1 is 0.950 bits per heavy atom. The van der Waals surface area contributed by atoms with Crippen molar-refractivity contribution in [2.75, 3.05) is 25.0 Å². The second kappa shape index (κ2) is 14.8. The van der Waals surface area contributed by atoms with Crippen molar-refractivity contribution in [2.45, 2.75) is 57.8 Å². The van der Waals surface area contributed by atoms with E-state index < -0.39 is 5.97 Å². The van der Waals surface area contributed by atoms with Gasteiger partial charge in [-0.25, -0.2) is 9.59 Å². The molecule has 1 aliphatic rings. The molecule has 0 aromatic heterocycles. The SMILES string of the molecule is Cc1cccc(COC2CCCC(OCCN(CCc3ccc(Cl)cc3)C(=O)Nc3ccccc3)C2)c1C(=O)O. The van der Waals surface area contributed by atoms with Crippen molar-refractivity contribution >= 4 is 29.3 Å². The van der Waals surface area contributed by atoms with E-state index in [4.69, 9.17) is 21.1 Å². The molecule has 2 atom stereocenters. The van der Waals surface area contributed by atoms with E-state index in [9.17, 15) is 14.7 Å². The minimum absolute atomic E-state index is 0.00305. The third-order valence-corrected chi connectivity index (χ3v) is 7.49. The maximum atomic E-state index is 13.1. The molecule has 3 aromatic carbocycles. The Morgan fingerprint density at radius 3 is 2.40 bits per heavy atom. The number of aromatic carboxylic acids is 1. The number of carboxylic acids is 1. The van der Waals surface area contributed by atoms with Gasteiger partial charge in [0.2, 0.25) is 0 Å². The zero-order chi connectivity index (χ0) is 28.3. The van der Waals surface area contributed by atoms with Crippen molar-refractivity contribution in [3.05, 3.63) is 100 Å². The molecule has 0 saturated heterocycles. The fourth-order valence-corrected chi connectivity index (χ4v) is 5.18. The molecule has 4 rings (SSSR count). The van der Waals surface area contributed by atoms with Crippen LogP contribution in [-0.2, 0) is 22.5 Å². The van der Waals surface area contributed by atoms with Crippen LogP contribution < -0.4 is 5.32 Å². The summed E-state index contributed by atoms with van der Waals surface area (Å²) in [6.07, 6.45) is 4.32. The number of carbonyl (C=O) groups is 2. The quantitative estimate of drug-likeness (QED) is 0.248. The summed E-state index contributed by atoms with van der Waals surface area (Å²) in [5, 5.41) is 13.3. The van der Waals surface area contributed by atoms with Gasteiger partial charge in [0.25, 0.3) is 0 Å². The number of para-hydroxylation sites is 1. The molecular weight excluding hydrogens is 528 g/mol. The zero-order valence-corrected chi connectivity index (χ0v) is 23.6. The minimum atomic E-state index is -0.932. The molecule has 212 valence electrons. The fraction of sp³-hybridized carbons (Fsp3) is 0.375. The summed E-state index contributed by atoms with van der Waals surface area (Å²) < 4.78 is 12.4. The summed E-state index contributed by atoms with van der Waals surface area (Å²) in [5.74, 6) is -0.932. The van der Waals surface area contributed by atoms with E-state index in [1.165, 1.54) is 0 Å². The van der Waals surface area contributed by atoms with Crippen LogP contribution >= 0.6 is 11.6 Å². The molecule has 2 unspecified atom stereocenters. The van der Waals surface area contributed by atoms with Crippen LogP contribution in [0.3, 0.4) is 0 Å². The number of hydrogen-bond donors (Lipinski definition) is 2. The van der Waals surface area contributed by atoms with Gasteiger partial charge in [0.15, 0.2) is 0 Å². The number of aryl methyl sites for hydroxylation is 1. The average Bonchev–Trinajstić information content (AvgIpc) is 2.95. The minimum Gasteiger partial charge on any atom is -0.478 e. The monoisotopic (exact) mass is 564 g/mol. The summed E-state index contributed by atoms with van der Waals surface area (Å²) in [4.78, 5) is 26.6. The van der Waals surface area contributed by atoms with Gasteiger partial charge in [-0.2, -0.15) is 0 Å². The first-order valence-electron chi connectivity index (χ1n) is 13.8. The molecule has 0 bridgehead atoms. The van der Waals surface area contributed by atoms with Gasteiger partial charge < -0.3 is 24.8 Å². The maximum absolute atomic E-state index is 13.1. The number of carbonyl (C=O) groups excluding carboxylic acids is 1. The standard InChI is InChI=1S/C32H37ClN2O5/c1-23-7-5-8-25(30(23)31(36)37)22-40-29-12-6-11-28(21-29)39-20-19-35(18-17-24-13-15-26(33)16-14-24)32(38)34-27-9-3-2-4-10-27/h2-5,7-10,13-16,28-29H,6,11-12,17-22H2,1H3,(H,34,38)(H,36,37). The first-order chi connectivity index (χ1) is 19.4. The molecule has 8 heteroatoms. The molecule has 1 saturated carbocycles. The van der Waals surface area contributed by atoms with Gasteiger partial charge in [-0.3, -0.25) is 0 Å². The fourth-order valence-electron chi connectivity index (χ4n) is 5.05. The van der Waals surface area contributed by atoms with Crippen LogP contribution in [0.2, 0.25) is 5.02 Å². The Balaban J connectivity index is 1.29. The summed E-state index contributed by atoms with van der Waals surface area (Å²) in [7, 11) is 0. The van der Waals surface area contributed by atoms with Gasteiger partial charge in [0.05, 0.1) is 31.0 Å². The number of nitrogens with zero attached hydrogens (tertiary/aromatic N) is 1. The lowest BCUT2D eigenvalue weighted by molar-refractivity contribution is -0.0522. The van der Waals surface area contributed by atoms with Crippen LogP contribution in [0.4, 0.5) is 10.5 Å². The Labute approximate surface area is 241 Å². The summed E-state index contributed by atoms with van der Waals surface area (Å²) in [6.45, 7) is 3.48. The maximum Gasteiger partial charge on any atom is 0.336 e. The van der Waals surface area contributed by atoms with Gasteiger partial charge in [-0.05, 0) is 80.0 Å². The van der Waals surface area contributed by atoms with Crippen molar-refractivity contribution in [1.82, 2.24) is 4.90 Å². The van der Waals surface area contributed by atoms with Gasteiger partial charge >= 0.3 is 12.0 Å². The predicted molar refractivity (Wildman–Crippen MR) is 157 cm³/mol. The lowest BCUT2D eigenvalue weighted by Crippen LogP contribution is -2.39. The molecule has 0 spiro atoms. The van der Waals surface area contributed by atoms with Crippen molar-refractivity contribution < 1.29 is 24.2 Å². The van der Waals surface area contributed by atoms with Crippen LogP contribution in [0.5, 0.6) is 0 Å². The molecule has 1 fully saturated rings. The zero-order valence-electron chi connectivity index (χ0n) is 22.9. The van der Waals surface area contributed by atoms with E-state index in [0.717, 1.165) is 42.5 Å². The van der Waals surface area contributed by atoms with Gasteiger partial charge in [-0.1, -0.05) is 60.1 Å². The molecule has 0 radical (unpaired) electrons. The van der Waals surface area contributed by atoms with Crippen LogP contribution in [0.25, 0.3) is 0 Å². The van der Waals surface area contributed by atoms with E-state index >= 15 is 0 Å². The number of hydrogen-bond acceptors (Lipinski definition) is 4. The highest BCUT2D eigenvalue weighted by atomic mass is 35.5. The number of anilines is 1. The lowest BCUT2D eigenvalue weighted by atomic mass is 9.94. The molecule has 3 aromatic rings. The van der Waals surface area contributed by atoms with Gasteiger partial charge in [0, 0.05) is 23.8 Å². The molecule has 7 nitrogen and oxygen atoms in total. The molecule has 1 aliphatic carbocycles. The molecular formula is C32H37ClN2O5. The summed E-state index contributed by atoms with van der Waals surface area (Å²) in [5.41, 5.74) is 3.59. The van der Waals surface area contributed by atoms with Crippen LogP contribution in [0.15, 0.2) is 72.8 Å². The van der Waals surface area contributed by atoms with Crippen molar-refractivity contribution in [1.29, 1.82) is 0 Å². The average molecular weight is 565 g/mol. The molecule has 0 heterocycles. The molecule has 2 N–H and O–H groups in total. The van der Waals surface area contributed by atoms with E-state index in [1.807, 2.05) is 66.7 Å². The Morgan fingerprint density at radius 2 is 1.68 bits per heavy atom. The number of benzene rings is 3. The van der Waals surface area contributed by atoms with Crippen molar-refractivity contribution in [3.8, 4) is 0 Å². The summed E-state index contributed by atoms with van der Waals surface area (Å²) in [6, 6.07) is 22.4. The third kappa shape index (κ3) is 8.81. The second-order valence-electron chi connectivity index (χ2n) is 10.2. The number of ether oxygens (including phenoxy) is 2. The highest BCUT2D eigenvalue weighted by Gasteiger charge is 2.24. The Kier molecular flexibility index (Phi) is 11.0. The van der Waals surface area contributed by atoms with E-state index in [-0.39, 0.29) is 24.8 Å². The molecule has 2 amide bonds. The first-order valence-corrected chi connectivity index (χ1v) is 14.2. The number of urea groups is 1. The van der Waals surface area contributed by atoms with Crippen molar-refractivity contribution in [2.24, 2.45) is 0 Å². The second-order valence-corrected chi connectivity index (χ2v) is 10.6. The normalized spacial score (nSPS) is 16.9. The smallest absolute Gasteiger partial charge is 0.336 e. The number of nitrogens with one attached hydrogen (secondary N) is 1. The largest absolute Gasteiger partial charge is 0.478 e. The Bertz CT molecular complexity index is 1250. The topological polar surface area (TPSA) is 88.1 Å². The van der Waals surface area contributed by atoms with E-state index in [1.54, 1.807) is 17.9 Å². The van der Waals surface area contributed by atoms with Crippen LogP contribution in [0.1, 0.15) is 52.7 Å². The van der Waals surface area contributed by atoms with E-state index in [0.29, 0.717) is 42.3 Å². The third-order valence-electron chi connectivity index (χ3n) is 7.24. The van der Waals surface area contributed by atoms with Crippen molar-refractivity contribution in [3.63, 3.8) is 0 Å². The number of carboxylic acid groups (broad SMARTS) is 1. The van der Waals surface area contributed by atoms with Crippen LogP contribution in [0, 0.1) is 6.92 Å². The first kappa shape index (κ1) is 29.6. The number of rotatable bonds is 12. The number of amides is 2. The van der Waals surface area contributed by atoms with Crippen LogP contribution in [-0.4, -0.2) is 53.9 Å². The highest BCUT2D eigenvalue weighted by molar-refractivity contribution is 6.30.